The molecule has 0 spiro atoms. The van der Waals surface area contributed by atoms with Crippen molar-refractivity contribution >= 4 is 12.4 Å². The number of allylic oxidation sites excluding steroid dienone is 1. The Morgan fingerprint density at radius 1 is 1.19 bits per heavy atom. The van der Waals surface area contributed by atoms with Crippen molar-refractivity contribution in [3.05, 3.63) is 87.9 Å². The molecule has 31 heavy (non-hydrogen) atoms. The SMILES string of the molecule is C/C(=C/c1cc(C)c(C=O)o1)C[C@H]1C=C(CC/C=C(\C)COCc2ccccc2)CO1. The Bertz CT molecular complexity index is 947. The Morgan fingerprint density at radius 2 is 2.00 bits per heavy atom. The van der Waals surface area contributed by atoms with Crippen molar-refractivity contribution in [2.45, 2.75) is 52.7 Å². The van der Waals surface area contributed by atoms with Crippen molar-refractivity contribution in [3.8, 4) is 0 Å². The van der Waals surface area contributed by atoms with Gasteiger partial charge in [-0.2, -0.15) is 0 Å². The van der Waals surface area contributed by atoms with Gasteiger partial charge in [-0.05, 0) is 68.9 Å². The Kier molecular flexibility index (Phi) is 8.63. The van der Waals surface area contributed by atoms with Crippen LogP contribution in [-0.4, -0.2) is 25.6 Å². The van der Waals surface area contributed by atoms with Crippen LogP contribution in [0.5, 0.6) is 0 Å². The minimum atomic E-state index is 0.104. The van der Waals surface area contributed by atoms with Crippen molar-refractivity contribution in [3.63, 3.8) is 0 Å². The Hall–Kier alpha value is -2.69. The summed E-state index contributed by atoms with van der Waals surface area (Å²) in [4.78, 5) is 10.9. The topological polar surface area (TPSA) is 48.7 Å². The quantitative estimate of drug-likeness (QED) is 0.309. The van der Waals surface area contributed by atoms with Gasteiger partial charge in [0.1, 0.15) is 5.76 Å². The number of furan rings is 1. The van der Waals surface area contributed by atoms with Gasteiger partial charge in [0.2, 0.25) is 0 Å². The summed E-state index contributed by atoms with van der Waals surface area (Å²) < 4.78 is 17.2. The largest absolute Gasteiger partial charge is 0.454 e. The van der Waals surface area contributed by atoms with E-state index in [1.807, 2.05) is 37.3 Å². The number of aryl methyl sites for hydroxylation is 1. The molecule has 0 aliphatic carbocycles. The molecule has 1 aliphatic heterocycles. The molecule has 3 rings (SSSR count). The number of rotatable bonds is 11. The van der Waals surface area contributed by atoms with Crippen LogP contribution < -0.4 is 0 Å². The van der Waals surface area contributed by atoms with Crippen molar-refractivity contribution in [1.82, 2.24) is 0 Å². The first-order valence-electron chi connectivity index (χ1n) is 10.8. The van der Waals surface area contributed by atoms with Gasteiger partial charge in [0.25, 0.3) is 0 Å². The zero-order valence-electron chi connectivity index (χ0n) is 18.7. The average molecular weight is 421 g/mol. The average Bonchev–Trinajstić information content (AvgIpc) is 3.34. The molecule has 0 amide bonds. The van der Waals surface area contributed by atoms with Gasteiger partial charge >= 0.3 is 0 Å². The van der Waals surface area contributed by atoms with Crippen molar-refractivity contribution in [2.24, 2.45) is 0 Å². The van der Waals surface area contributed by atoms with Crippen LogP contribution in [0.25, 0.3) is 6.08 Å². The van der Waals surface area contributed by atoms with Crippen molar-refractivity contribution < 1.29 is 18.7 Å². The van der Waals surface area contributed by atoms with Gasteiger partial charge in [-0.1, -0.05) is 53.6 Å². The molecule has 1 aromatic carbocycles. The molecule has 0 unspecified atom stereocenters. The molecule has 1 aromatic heterocycles. The number of ether oxygens (including phenoxy) is 2. The third-order valence-electron chi connectivity index (χ3n) is 5.30. The molecule has 0 fully saturated rings. The maximum atomic E-state index is 10.9. The Balaban J connectivity index is 1.40. The number of carbonyl (C=O) groups excluding carboxylic acids is 1. The third kappa shape index (κ3) is 7.50. The maximum absolute atomic E-state index is 10.9. The van der Waals surface area contributed by atoms with Gasteiger partial charge in [-0.25, -0.2) is 0 Å². The van der Waals surface area contributed by atoms with Crippen LogP contribution in [0.3, 0.4) is 0 Å². The molecule has 164 valence electrons. The van der Waals surface area contributed by atoms with E-state index < -0.39 is 0 Å². The second-order valence-corrected chi connectivity index (χ2v) is 8.25. The van der Waals surface area contributed by atoms with E-state index in [0.717, 1.165) is 36.9 Å². The fourth-order valence-corrected chi connectivity index (χ4v) is 3.64. The van der Waals surface area contributed by atoms with Crippen LogP contribution in [0.2, 0.25) is 0 Å². The molecular formula is C27H32O4. The lowest BCUT2D eigenvalue weighted by Gasteiger charge is -2.07. The molecule has 4 nitrogen and oxygen atoms in total. The van der Waals surface area contributed by atoms with Gasteiger partial charge in [0.05, 0.1) is 25.9 Å². The Labute approximate surface area is 185 Å². The molecule has 0 N–H and O–H groups in total. The minimum Gasteiger partial charge on any atom is -0.454 e. The zero-order chi connectivity index (χ0) is 22.1. The van der Waals surface area contributed by atoms with E-state index >= 15 is 0 Å². The summed E-state index contributed by atoms with van der Waals surface area (Å²) in [5, 5.41) is 0. The number of aldehydes is 1. The standard InChI is InChI=1S/C27H32O4/c1-20(17-29-18-23-9-5-4-6-10-23)8-7-11-24-15-25(30-19-24)12-21(2)13-26-14-22(3)27(16-28)31-26/h4-6,8-10,13-16,25H,7,11-12,17-19H2,1-3H3/b20-8+,21-13-/t25-/m0/s1. The molecule has 1 aliphatic rings. The van der Waals surface area contributed by atoms with E-state index in [1.54, 1.807) is 0 Å². The first-order valence-corrected chi connectivity index (χ1v) is 10.8. The van der Waals surface area contributed by atoms with E-state index in [2.05, 4.69) is 38.1 Å². The highest BCUT2D eigenvalue weighted by atomic mass is 16.5. The minimum absolute atomic E-state index is 0.104. The summed E-state index contributed by atoms with van der Waals surface area (Å²) in [6.45, 7) is 8.07. The van der Waals surface area contributed by atoms with Crippen LogP contribution in [0, 0.1) is 6.92 Å². The lowest BCUT2D eigenvalue weighted by molar-refractivity contribution is 0.109. The van der Waals surface area contributed by atoms with E-state index in [1.165, 1.54) is 22.3 Å². The maximum Gasteiger partial charge on any atom is 0.185 e. The fraction of sp³-hybridized carbons (Fsp3) is 0.370. The van der Waals surface area contributed by atoms with Gasteiger partial charge in [-0.3, -0.25) is 4.79 Å². The predicted octanol–water partition coefficient (Wildman–Crippen LogP) is 6.46. The summed E-state index contributed by atoms with van der Waals surface area (Å²) in [5.41, 5.74) is 5.84. The van der Waals surface area contributed by atoms with Gasteiger partial charge in [0.15, 0.2) is 12.0 Å². The summed E-state index contributed by atoms with van der Waals surface area (Å²) >= 11 is 0. The molecule has 0 saturated carbocycles. The highest BCUT2D eigenvalue weighted by Crippen LogP contribution is 2.24. The molecule has 4 heteroatoms. The molecular weight excluding hydrogens is 388 g/mol. The molecule has 2 heterocycles. The van der Waals surface area contributed by atoms with E-state index in [4.69, 9.17) is 13.9 Å². The van der Waals surface area contributed by atoms with Gasteiger partial charge in [0, 0.05) is 0 Å². The predicted molar refractivity (Wildman–Crippen MR) is 124 cm³/mol. The first kappa shape index (κ1) is 23.0. The zero-order valence-corrected chi connectivity index (χ0v) is 18.7. The molecule has 1 atom stereocenters. The second kappa shape index (κ2) is 11.6. The lowest BCUT2D eigenvalue weighted by Crippen LogP contribution is -2.04. The van der Waals surface area contributed by atoms with Gasteiger partial charge < -0.3 is 13.9 Å². The molecule has 0 bridgehead atoms. The van der Waals surface area contributed by atoms with Crippen LogP contribution in [0.15, 0.2) is 69.7 Å². The third-order valence-corrected chi connectivity index (χ3v) is 5.30. The number of carbonyl (C=O) groups is 1. The summed E-state index contributed by atoms with van der Waals surface area (Å²) in [7, 11) is 0. The molecule has 0 saturated heterocycles. The van der Waals surface area contributed by atoms with E-state index in [0.29, 0.717) is 25.6 Å². The highest BCUT2D eigenvalue weighted by molar-refractivity contribution is 5.74. The summed E-state index contributed by atoms with van der Waals surface area (Å²) in [5.74, 6) is 1.11. The smallest absolute Gasteiger partial charge is 0.185 e. The lowest BCUT2D eigenvalue weighted by atomic mass is 10.1. The second-order valence-electron chi connectivity index (χ2n) is 8.25. The van der Waals surface area contributed by atoms with Crippen LogP contribution in [0.4, 0.5) is 0 Å². The van der Waals surface area contributed by atoms with E-state index in [9.17, 15) is 4.79 Å². The number of hydrogen-bond acceptors (Lipinski definition) is 4. The molecule has 2 aromatic rings. The summed E-state index contributed by atoms with van der Waals surface area (Å²) in [6, 6.07) is 12.1. The summed E-state index contributed by atoms with van der Waals surface area (Å²) in [6.07, 6.45) is 10.2. The van der Waals surface area contributed by atoms with Gasteiger partial charge in [-0.15, -0.1) is 0 Å². The van der Waals surface area contributed by atoms with E-state index in [-0.39, 0.29) is 6.10 Å². The van der Waals surface area contributed by atoms with Crippen LogP contribution >= 0.6 is 0 Å². The van der Waals surface area contributed by atoms with Crippen molar-refractivity contribution in [2.75, 3.05) is 13.2 Å². The van der Waals surface area contributed by atoms with Crippen LogP contribution in [-0.2, 0) is 16.1 Å². The van der Waals surface area contributed by atoms with Crippen LogP contribution in [0.1, 0.15) is 60.6 Å². The molecule has 0 radical (unpaired) electrons. The van der Waals surface area contributed by atoms with Crippen molar-refractivity contribution in [1.29, 1.82) is 0 Å². The highest BCUT2D eigenvalue weighted by Gasteiger charge is 2.16. The first-order chi connectivity index (χ1) is 15.0. The monoisotopic (exact) mass is 420 g/mol. The Morgan fingerprint density at radius 3 is 2.74 bits per heavy atom. The number of hydrogen-bond donors (Lipinski definition) is 0. The normalized spacial score (nSPS) is 17.1. The number of benzene rings is 1. The fourth-order valence-electron chi connectivity index (χ4n) is 3.64.